The topological polar surface area (TPSA) is 29.5 Å². The van der Waals surface area contributed by atoms with Crippen LogP contribution in [0.15, 0.2) is 36.4 Å². The average Bonchev–Trinajstić information content (AvgIpc) is 2.43. The van der Waals surface area contributed by atoms with Crippen molar-refractivity contribution in [1.29, 1.82) is 0 Å². The lowest BCUT2D eigenvalue weighted by atomic mass is 9.99. The van der Waals surface area contributed by atoms with Gasteiger partial charge < -0.3 is 9.84 Å². The van der Waals surface area contributed by atoms with Gasteiger partial charge in [0.15, 0.2) is 0 Å². The van der Waals surface area contributed by atoms with Gasteiger partial charge in [-0.25, -0.2) is 4.39 Å². The predicted molar refractivity (Wildman–Crippen MR) is 77.8 cm³/mol. The van der Waals surface area contributed by atoms with Gasteiger partial charge in [0.05, 0.1) is 11.6 Å². The van der Waals surface area contributed by atoms with Crippen LogP contribution in [-0.2, 0) is 0 Å². The highest BCUT2D eigenvalue weighted by atomic mass is 35.5. The minimum absolute atomic E-state index is 0.0658. The lowest BCUT2D eigenvalue weighted by Crippen LogP contribution is -2.05. The summed E-state index contributed by atoms with van der Waals surface area (Å²) in [5.74, 6) is 0.0276. The number of rotatable bonds is 4. The Morgan fingerprint density at radius 2 is 2.00 bits per heavy atom. The Bertz CT molecular complexity index is 613. The molecule has 0 aliphatic rings. The minimum Gasteiger partial charge on any atom is -0.493 e. The monoisotopic (exact) mass is 294 g/mol. The lowest BCUT2D eigenvalue weighted by molar-refractivity contribution is 0.211. The molecule has 1 unspecified atom stereocenters. The van der Waals surface area contributed by atoms with E-state index < -0.39 is 11.9 Å². The van der Waals surface area contributed by atoms with Gasteiger partial charge in [-0.3, -0.25) is 0 Å². The van der Waals surface area contributed by atoms with Gasteiger partial charge in [0.2, 0.25) is 0 Å². The maximum absolute atomic E-state index is 13.5. The van der Waals surface area contributed by atoms with Crippen molar-refractivity contribution in [2.45, 2.75) is 20.0 Å². The van der Waals surface area contributed by atoms with E-state index in [1.165, 1.54) is 12.1 Å². The van der Waals surface area contributed by atoms with Crippen LogP contribution in [0.3, 0.4) is 0 Å². The van der Waals surface area contributed by atoms with Crippen LogP contribution in [0.5, 0.6) is 5.75 Å². The van der Waals surface area contributed by atoms with Gasteiger partial charge in [-0.2, -0.15) is 0 Å². The van der Waals surface area contributed by atoms with Crippen molar-refractivity contribution in [3.63, 3.8) is 0 Å². The lowest BCUT2D eigenvalue weighted by Gasteiger charge is -2.18. The summed E-state index contributed by atoms with van der Waals surface area (Å²) in [4.78, 5) is 0. The molecule has 2 rings (SSSR count). The first-order chi connectivity index (χ1) is 9.54. The van der Waals surface area contributed by atoms with E-state index in [1.54, 1.807) is 12.1 Å². The summed E-state index contributed by atoms with van der Waals surface area (Å²) < 4.78 is 19.0. The van der Waals surface area contributed by atoms with Gasteiger partial charge in [0, 0.05) is 11.1 Å². The van der Waals surface area contributed by atoms with E-state index in [-0.39, 0.29) is 5.02 Å². The number of halogens is 2. The van der Waals surface area contributed by atoms with Crippen molar-refractivity contribution in [2.24, 2.45) is 0 Å². The molecule has 0 aromatic heterocycles. The van der Waals surface area contributed by atoms with Crippen LogP contribution in [0.2, 0.25) is 5.02 Å². The highest BCUT2D eigenvalue weighted by molar-refractivity contribution is 6.31. The maximum atomic E-state index is 13.5. The Kier molecular flexibility index (Phi) is 4.63. The second kappa shape index (κ2) is 6.25. The summed E-state index contributed by atoms with van der Waals surface area (Å²) in [6.45, 7) is 4.27. The molecule has 2 nitrogen and oxygen atoms in total. The molecule has 2 aromatic rings. The Labute approximate surface area is 122 Å². The first kappa shape index (κ1) is 14.8. The molecule has 0 spiro atoms. The van der Waals surface area contributed by atoms with E-state index in [9.17, 15) is 9.50 Å². The standard InChI is InChI=1S/C16H16ClFO2/c1-3-20-14-8-7-10(2)9-12(14)16(19)11-5-4-6-13(18)15(11)17/h4-9,16,19H,3H2,1-2H3. The van der Waals surface area contributed by atoms with Crippen molar-refractivity contribution < 1.29 is 14.2 Å². The summed E-state index contributed by atoms with van der Waals surface area (Å²) in [5, 5.41) is 10.4. The quantitative estimate of drug-likeness (QED) is 0.912. The minimum atomic E-state index is -1.03. The number of ether oxygens (including phenoxy) is 1. The molecule has 20 heavy (non-hydrogen) atoms. The third kappa shape index (κ3) is 2.94. The largest absolute Gasteiger partial charge is 0.493 e. The second-order valence-electron chi connectivity index (χ2n) is 4.52. The van der Waals surface area contributed by atoms with Gasteiger partial charge >= 0.3 is 0 Å². The van der Waals surface area contributed by atoms with E-state index in [0.717, 1.165) is 5.56 Å². The van der Waals surface area contributed by atoms with Gasteiger partial charge in [-0.05, 0) is 32.0 Å². The van der Waals surface area contributed by atoms with E-state index in [1.807, 2.05) is 26.0 Å². The van der Waals surface area contributed by atoms with Crippen molar-refractivity contribution in [1.82, 2.24) is 0 Å². The summed E-state index contributed by atoms with van der Waals surface area (Å²) in [5.41, 5.74) is 1.90. The molecular formula is C16H16ClFO2. The van der Waals surface area contributed by atoms with Crippen LogP contribution in [0.4, 0.5) is 4.39 Å². The zero-order valence-corrected chi connectivity index (χ0v) is 12.1. The molecule has 0 aliphatic carbocycles. The van der Waals surface area contributed by atoms with Gasteiger partial charge in [-0.1, -0.05) is 35.4 Å². The Hall–Kier alpha value is -1.58. The van der Waals surface area contributed by atoms with Crippen LogP contribution in [0, 0.1) is 12.7 Å². The molecule has 0 saturated heterocycles. The molecule has 1 atom stereocenters. The Balaban J connectivity index is 2.49. The van der Waals surface area contributed by atoms with E-state index >= 15 is 0 Å². The first-order valence-corrected chi connectivity index (χ1v) is 6.77. The fraction of sp³-hybridized carbons (Fsp3) is 0.250. The Morgan fingerprint density at radius 1 is 1.25 bits per heavy atom. The fourth-order valence-electron chi connectivity index (χ4n) is 2.07. The summed E-state index contributed by atoms with van der Waals surface area (Å²) in [6.07, 6.45) is -1.03. The SMILES string of the molecule is CCOc1ccc(C)cc1C(O)c1cccc(F)c1Cl. The van der Waals surface area contributed by atoms with Crippen molar-refractivity contribution in [3.8, 4) is 5.75 Å². The van der Waals surface area contributed by atoms with Crippen LogP contribution in [0.25, 0.3) is 0 Å². The molecule has 0 fully saturated rings. The summed E-state index contributed by atoms with van der Waals surface area (Å²) in [6, 6.07) is 9.90. The molecular weight excluding hydrogens is 279 g/mol. The smallest absolute Gasteiger partial charge is 0.142 e. The van der Waals surface area contributed by atoms with Crippen LogP contribution >= 0.6 is 11.6 Å². The molecule has 1 N–H and O–H groups in total. The van der Waals surface area contributed by atoms with Gasteiger partial charge in [0.25, 0.3) is 0 Å². The zero-order valence-electron chi connectivity index (χ0n) is 11.4. The molecule has 2 aromatic carbocycles. The highest BCUT2D eigenvalue weighted by Gasteiger charge is 2.20. The first-order valence-electron chi connectivity index (χ1n) is 6.40. The van der Waals surface area contributed by atoms with Crippen LogP contribution in [-0.4, -0.2) is 11.7 Å². The Morgan fingerprint density at radius 3 is 2.70 bits per heavy atom. The number of aliphatic hydroxyl groups excluding tert-OH is 1. The summed E-state index contributed by atoms with van der Waals surface area (Å²) in [7, 11) is 0. The van der Waals surface area contributed by atoms with E-state index in [4.69, 9.17) is 16.3 Å². The summed E-state index contributed by atoms with van der Waals surface area (Å²) >= 11 is 5.93. The zero-order chi connectivity index (χ0) is 14.7. The predicted octanol–water partition coefficient (Wildman–Crippen LogP) is 4.27. The molecule has 0 radical (unpaired) electrons. The normalized spacial score (nSPS) is 12.2. The number of benzene rings is 2. The second-order valence-corrected chi connectivity index (χ2v) is 4.90. The van der Waals surface area contributed by atoms with E-state index in [2.05, 4.69) is 0 Å². The fourth-order valence-corrected chi connectivity index (χ4v) is 2.30. The molecule has 0 aliphatic heterocycles. The third-order valence-corrected chi connectivity index (χ3v) is 3.43. The molecule has 0 saturated carbocycles. The van der Waals surface area contributed by atoms with Crippen molar-refractivity contribution >= 4 is 11.6 Å². The number of hydrogen-bond acceptors (Lipinski definition) is 2. The van der Waals surface area contributed by atoms with Crippen LogP contribution < -0.4 is 4.74 Å². The highest BCUT2D eigenvalue weighted by Crippen LogP contribution is 2.35. The molecule has 0 amide bonds. The molecule has 0 bridgehead atoms. The maximum Gasteiger partial charge on any atom is 0.142 e. The molecule has 4 heteroatoms. The molecule has 106 valence electrons. The number of aliphatic hydroxyl groups is 1. The van der Waals surface area contributed by atoms with Crippen LogP contribution in [0.1, 0.15) is 29.7 Å². The van der Waals surface area contributed by atoms with Crippen molar-refractivity contribution in [3.05, 3.63) is 63.9 Å². The molecule has 0 heterocycles. The van der Waals surface area contributed by atoms with E-state index in [0.29, 0.717) is 23.5 Å². The number of aryl methyl sites for hydroxylation is 1. The number of hydrogen-bond donors (Lipinski definition) is 1. The van der Waals surface area contributed by atoms with Gasteiger partial charge in [-0.15, -0.1) is 0 Å². The van der Waals surface area contributed by atoms with Gasteiger partial charge in [0.1, 0.15) is 17.7 Å². The van der Waals surface area contributed by atoms with Crippen molar-refractivity contribution in [2.75, 3.05) is 6.61 Å². The average molecular weight is 295 g/mol. The third-order valence-electron chi connectivity index (χ3n) is 3.04.